The van der Waals surface area contributed by atoms with Crippen molar-refractivity contribution in [2.24, 2.45) is 0 Å². The van der Waals surface area contributed by atoms with Crippen molar-refractivity contribution in [3.8, 4) is 11.3 Å². The van der Waals surface area contributed by atoms with E-state index in [2.05, 4.69) is 34.7 Å². The predicted octanol–water partition coefficient (Wildman–Crippen LogP) is 4.73. The van der Waals surface area contributed by atoms with E-state index in [0.29, 0.717) is 23.6 Å². The molecule has 1 heterocycles. The summed E-state index contributed by atoms with van der Waals surface area (Å²) >= 11 is 0. The fourth-order valence-electron chi connectivity index (χ4n) is 2.93. The Bertz CT molecular complexity index is 1080. The predicted molar refractivity (Wildman–Crippen MR) is 102 cm³/mol. The van der Waals surface area contributed by atoms with Gasteiger partial charge in [-0.1, -0.05) is 59.3 Å². The molecule has 0 saturated heterocycles. The van der Waals surface area contributed by atoms with Crippen LogP contribution in [-0.4, -0.2) is 11.1 Å². The Kier molecular flexibility index (Phi) is 4.23. The van der Waals surface area contributed by atoms with Gasteiger partial charge in [0.25, 0.3) is 5.91 Å². The fourth-order valence-corrected chi connectivity index (χ4v) is 2.93. The second-order valence-corrected chi connectivity index (χ2v) is 6.30. The van der Waals surface area contributed by atoms with Gasteiger partial charge in [0.2, 0.25) is 0 Å². The van der Waals surface area contributed by atoms with Gasteiger partial charge in [0.15, 0.2) is 5.76 Å². The maximum atomic E-state index is 12.2. The lowest BCUT2D eigenvalue weighted by Crippen LogP contribution is -2.22. The third kappa shape index (κ3) is 3.35. The summed E-state index contributed by atoms with van der Waals surface area (Å²) in [5.74, 6) is 0.569. The average Bonchev–Trinajstić information content (AvgIpc) is 3.15. The van der Waals surface area contributed by atoms with E-state index in [1.165, 1.54) is 5.39 Å². The second kappa shape index (κ2) is 6.84. The molecule has 0 aliphatic carbocycles. The summed E-state index contributed by atoms with van der Waals surface area (Å²) < 4.78 is 5.46. The van der Waals surface area contributed by atoms with Gasteiger partial charge in [-0.25, -0.2) is 0 Å². The molecule has 1 N–H and O–H groups in total. The first kappa shape index (κ1) is 16.1. The first-order valence-corrected chi connectivity index (χ1v) is 8.49. The molecule has 1 amide bonds. The van der Waals surface area contributed by atoms with Crippen LogP contribution in [0.1, 0.15) is 21.6 Å². The number of nitrogens with one attached hydrogen (secondary N) is 1. The number of aryl methyl sites for hydroxylation is 1. The molecule has 4 aromatic rings. The van der Waals surface area contributed by atoms with Gasteiger partial charge in [0.1, 0.15) is 5.69 Å². The number of benzene rings is 3. The number of nitrogens with zero attached hydrogens (tertiary/aromatic N) is 1. The summed E-state index contributed by atoms with van der Waals surface area (Å²) in [6.07, 6.45) is 0. The second-order valence-electron chi connectivity index (χ2n) is 6.30. The lowest BCUT2D eigenvalue weighted by Gasteiger charge is -2.03. The highest BCUT2D eigenvalue weighted by Gasteiger charge is 2.10. The maximum absolute atomic E-state index is 12.2. The SMILES string of the molecule is Cc1cccc(C(=O)NCc2cc(-c3ccc4ccccc4c3)on2)c1. The van der Waals surface area contributed by atoms with Crippen LogP contribution in [0.4, 0.5) is 0 Å². The highest BCUT2D eigenvalue weighted by Crippen LogP contribution is 2.25. The van der Waals surface area contributed by atoms with Crippen LogP contribution in [0.15, 0.2) is 77.3 Å². The average molecular weight is 342 g/mol. The van der Waals surface area contributed by atoms with Crippen LogP contribution in [0.2, 0.25) is 0 Å². The van der Waals surface area contributed by atoms with E-state index >= 15 is 0 Å². The van der Waals surface area contributed by atoms with E-state index in [-0.39, 0.29) is 5.91 Å². The molecule has 0 aliphatic rings. The van der Waals surface area contributed by atoms with E-state index in [4.69, 9.17) is 4.52 Å². The normalized spacial score (nSPS) is 10.8. The standard InChI is InChI=1S/C22H18N2O2/c1-15-5-4-8-19(11-15)22(25)23-14-20-13-21(26-24-20)18-10-9-16-6-2-3-7-17(16)12-18/h2-13H,14H2,1H3,(H,23,25). The van der Waals surface area contributed by atoms with Gasteiger partial charge in [0.05, 0.1) is 6.54 Å². The van der Waals surface area contributed by atoms with Crippen LogP contribution in [0, 0.1) is 6.92 Å². The molecule has 1 aromatic heterocycles. The van der Waals surface area contributed by atoms with Gasteiger partial charge in [-0.2, -0.15) is 0 Å². The summed E-state index contributed by atoms with van der Waals surface area (Å²) in [7, 11) is 0. The first-order valence-electron chi connectivity index (χ1n) is 8.49. The summed E-state index contributed by atoms with van der Waals surface area (Å²) in [6, 6.07) is 23.7. The molecule has 0 radical (unpaired) electrons. The summed E-state index contributed by atoms with van der Waals surface area (Å²) in [4.78, 5) is 12.2. The summed E-state index contributed by atoms with van der Waals surface area (Å²) in [5.41, 5.74) is 3.35. The van der Waals surface area contributed by atoms with Crippen LogP contribution >= 0.6 is 0 Å². The van der Waals surface area contributed by atoms with Gasteiger partial charge in [-0.3, -0.25) is 4.79 Å². The van der Waals surface area contributed by atoms with Crippen LogP contribution < -0.4 is 5.32 Å². The molecule has 3 aromatic carbocycles. The van der Waals surface area contributed by atoms with Gasteiger partial charge < -0.3 is 9.84 Å². The molecule has 0 aliphatic heterocycles. The maximum Gasteiger partial charge on any atom is 0.251 e. The number of carbonyl (C=O) groups excluding carboxylic acids is 1. The van der Waals surface area contributed by atoms with E-state index in [1.807, 2.05) is 49.4 Å². The fraction of sp³-hybridized carbons (Fsp3) is 0.0909. The molecule has 128 valence electrons. The van der Waals surface area contributed by atoms with Crippen molar-refractivity contribution in [1.82, 2.24) is 10.5 Å². The molecule has 0 saturated carbocycles. The zero-order chi connectivity index (χ0) is 17.9. The Morgan fingerprint density at radius 3 is 2.65 bits per heavy atom. The Labute approximate surface area is 151 Å². The zero-order valence-corrected chi connectivity index (χ0v) is 14.4. The van der Waals surface area contributed by atoms with Crippen LogP contribution in [0.3, 0.4) is 0 Å². The molecule has 4 heteroatoms. The van der Waals surface area contributed by atoms with E-state index < -0.39 is 0 Å². The molecule has 0 fully saturated rings. The van der Waals surface area contributed by atoms with Crippen molar-refractivity contribution in [3.05, 3.63) is 89.6 Å². The minimum Gasteiger partial charge on any atom is -0.356 e. The number of rotatable bonds is 4. The molecule has 26 heavy (non-hydrogen) atoms. The highest BCUT2D eigenvalue weighted by molar-refractivity contribution is 5.94. The quantitative estimate of drug-likeness (QED) is 0.583. The van der Waals surface area contributed by atoms with E-state index in [1.54, 1.807) is 6.07 Å². The van der Waals surface area contributed by atoms with Gasteiger partial charge in [-0.05, 0) is 35.9 Å². The number of carbonyl (C=O) groups is 1. The zero-order valence-electron chi connectivity index (χ0n) is 14.4. The van der Waals surface area contributed by atoms with Gasteiger partial charge in [-0.15, -0.1) is 0 Å². The van der Waals surface area contributed by atoms with E-state index in [0.717, 1.165) is 16.5 Å². The van der Waals surface area contributed by atoms with Gasteiger partial charge in [0, 0.05) is 17.2 Å². The summed E-state index contributed by atoms with van der Waals surface area (Å²) in [6.45, 7) is 2.29. The molecule has 0 bridgehead atoms. The lowest BCUT2D eigenvalue weighted by molar-refractivity contribution is 0.0950. The van der Waals surface area contributed by atoms with Crippen molar-refractivity contribution >= 4 is 16.7 Å². The van der Waals surface area contributed by atoms with Gasteiger partial charge >= 0.3 is 0 Å². The molecule has 4 nitrogen and oxygen atoms in total. The molecule has 0 atom stereocenters. The van der Waals surface area contributed by atoms with Crippen LogP contribution in [0.25, 0.3) is 22.1 Å². The van der Waals surface area contributed by atoms with Crippen molar-refractivity contribution in [3.63, 3.8) is 0 Å². The van der Waals surface area contributed by atoms with Crippen molar-refractivity contribution in [2.75, 3.05) is 0 Å². The van der Waals surface area contributed by atoms with Crippen LogP contribution in [-0.2, 0) is 6.54 Å². The number of hydrogen-bond acceptors (Lipinski definition) is 3. The smallest absolute Gasteiger partial charge is 0.251 e. The lowest BCUT2D eigenvalue weighted by atomic mass is 10.1. The molecule has 0 spiro atoms. The Morgan fingerprint density at radius 1 is 0.962 bits per heavy atom. The summed E-state index contributed by atoms with van der Waals surface area (Å²) in [5, 5.41) is 9.27. The Morgan fingerprint density at radius 2 is 1.81 bits per heavy atom. The number of amides is 1. The Balaban J connectivity index is 1.48. The number of aromatic nitrogens is 1. The minimum absolute atomic E-state index is 0.121. The first-order chi connectivity index (χ1) is 12.7. The highest BCUT2D eigenvalue weighted by atomic mass is 16.5. The molecular formula is C22H18N2O2. The van der Waals surface area contributed by atoms with E-state index in [9.17, 15) is 4.79 Å². The minimum atomic E-state index is -0.121. The molecule has 4 rings (SSSR count). The monoisotopic (exact) mass is 342 g/mol. The number of hydrogen-bond donors (Lipinski definition) is 1. The molecule has 0 unspecified atom stereocenters. The Hall–Kier alpha value is -3.40. The third-order valence-electron chi connectivity index (χ3n) is 4.30. The number of fused-ring (bicyclic) bond motifs is 1. The van der Waals surface area contributed by atoms with Crippen LogP contribution in [0.5, 0.6) is 0 Å². The molecular weight excluding hydrogens is 324 g/mol. The topological polar surface area (TPSA) is 55.1 Å². The largest absolute Gasteiger partial charge is 0.356 e. The van der Waals surface area contributed by atoms with Crippen molar-refractivity contribution < 1.29 is 9.32 Å². The van der Waals surface area contributed by atoms with Crippen molar-refractivity contribution in [1.29, 1.82) is 0 Å². The third-order valence-corrected chi connectivity index (χ3v) is 4.30. The van der Waals surface area contributed by atoms with Crippen molar-refractivity contribution in [2.45, 2.75) is 13.5 Å².